The van der Waals surface area contributed by atoms with Gasteiger partial charge in [0.05, 0.1) is 17.4 Å². The van der Waals surface area contributed by atoms with Gasteiger partial charge < -0.3 is 20.0 Å². The Kier molecular flexibility index (Phi) is 9.03. The molecule has 0 spiro atoms. The maximum absolute atomic E-state index is 13.2. The lowest BCUT2D eigenvalue weighted by Crippen LogP contribution is -2.43. The number of fused-ring (bicyclic) bond motifs is 1. The van der Waals surface area contributed by atoms with E-state index in [2.05, 4.69) is 20.6 Å². The Hall–Kier alpha value is -4.54. The van der Waals surface area contributed by atoms with E-state index in [-0.39, 0.29) is 24.0 Å². The second kappa shape index (κ2) is 12.8. The van der Waals surface area contributed by atoms with Crippen LogP contribution in [0.3, 0.4) is 0 Å². The van der Waals surface area contributed by atoms with E-state index in [1.165, 1.54) is 12.1 Å². The van der Waals surface area contributed by atoms with E-state index < -0.39 is 10.8 Å². The summed E-state index contributed by atoms with van der Waals surface area (Å²) in [5.74, 6) is 0.386. The van der Waals surface area contributed by atoms with Gasteiger partial charge in [0.1, 0.15) is 11.3 Å². The van der Waals surface area contributed by atoms with Gasteiger partial charge in [0.15, 0.2) is 0 Å². The number of aryl methyl sites for hydroxylation is 1. The van der Waals surface area contributed by atoms with E-state index in [0.29, 0.717) is 31.9 Å². The Morgan fingerprint density at radius 3 is 2.74 bits per heavy atom. The maximum atomic E-state index is 13.2. The number of aliphatic imine (C=N–C) groups is 2. The molecule has 1 saturated heterocycles. The minimum atomic E-state index is -0.448. The van der Waals surface area contributed by atoms with E-state index >= 15 is 0 Å². The third-order valence-electron chi connectivity index (χ3n) is 6.52. The van der Waals surface area contributed by atoms with Crippen LogP contribution in [0, 0.1) is 23.0 Å². The number of anilines is 1. The summed E-state index contributed by atoms with van der Waals surface area (Å²) in [4.78, 5) is 46.3. The van der Waals surface area contributed by atoms with Crippen molar-refractivity contribution in [2.45, 2.75) is 32.6 Å². The summed E-state index contributed by atoms with van der Waals surface area (Å²) in [5, 5.41) is 17.8. The van der Waals surface area contributed by atoms with E-state index in [1.54, 1.807) is 30.3 Å². The molecule has 1 aliphatic heterocycles. The van der Waals surface area contributed by atoms with E-state index in [9.17, 15) is 19.7 Å². The van der Waals surface area contributed by atoms with Gasteiger partial charge in [-0.3, -0.25) is 24.7 Å². The average molecular weight is 533 g/mol. The number of non-ortho nitro benzene ring substituents is 1. The highest BCUT2D eigenvalue weighted by Gasteiger charge is 2.27. The number of benzene rings is 2. The van der Waals surface area contributed by atoms with Crippen molar-refractivity contribution >= 4 is 46.3 Å². The van der Waals surface area contributed by atoms with Crippen molar-refractivity contribution in [1.82, 2.24) is 10.2 Å². The Labute approximate surface area is 226 Å². The molecule has 11 nitrogen and oxygen atoms in total. The number of likely N-dealkylation sites (tertiary alicyclic amines) is 1. The summed E-state index contributed by atoms with van der Waals surface area (Å²) < 4.78 is 5.62. The summed E-state index contributed by atoms with van der Waals surface area (Å²) >= 11 is 0. The number of nitro benzene ring substituents is 1. The number of guanidine groups is 1. The average Bonchev–Trinajstić information content (AvgIpc) is 3.21. The first-order valence-corrected chi connectivity index (χ1v) is 12.9. The molecule has 204 valence electrons. The van der Waals surface area contributed by atoms with Crippen molar-refractivity contribution in [3.63, 3.8) is 0 Å². The molecule has 2 amide bonds. The lowest BCUT2D eigenvalue weighted by molar-refractivity contribution is -0.384. The van der Waals surface area contributed by atoms with Gasteiger partial charge in [-0.25, -0.2) is 4.99 Å². The molecule has 3 aromatic rings. The Bertz CT molecular complexity index is 1400. The topological polar surface area (TPSA) is 142 Å². The molecule has 4 rings (SSSR count). The second-order valence-electron chi connectivity index (χ2n) is 9.45. The maximum Gasteiger partial charge on any atom is 0.269 e. The van der Waals surface area contributed by atoms with Crippen molar-refractivity contribution in [3.8, 4) is 0 Å². The van der Waals surface area contributed by atoms with Crippen LogP contribution in [0.5, 0.6) is 0 Å². The van der Waals surface area contributed by atoms with Crippen molar-refractivity contribution in [1.29, 1.82) is 0 Å². The number of nitro groups is 1. The molecule has 0 bridgehead atoms. The molecular weight excluding hydrogens is 500 g/mol. The zero-order valence-electron chi connectivity index (χ0n) is 22.1. The van der Waals surface area contributed by atoms with Gasteiger partial charge >= 0.3 is 0 Å². The van der Waals surface area contributed by atoms with Crippen LogP contribution in [0.4, 0.5) is 11.4 Å². The van der Waals surface area contributed by atoms with Gasteiger partial charge in [0, 0.05) is 49.6 Å². The van der Waals surface area contributed by atoms with Crippen molar-refractivity contribution in [2.24, 2.45) is 15.9 Å². The first kappa shape index (κ1) is 27.5. The number of nitrogens with one attached hydrogen (secondary N) is 2. The molecule has 2 heterocycles. The summed E-state index contributed by atoms with van der Waals surface area (Å²) in [6, 6.07) is 13.9. The van der Waals surface area contributed by atoms with Crippen LogP contribution in [0.1, 0.15) is 30.6 Å². The van der Waals surface area contributed by atoms with Crippen LogP contribution >= 0.6 is 0 Å². The predicted octanol–water partition coefficient (Wildman–Crippen LogP) is 4.11. The number of hydrogen-bond donors (Lipinski definition) is 2. The quantitative estimate of drug-likeness (QED) is 0.194. The van der Waals surface area contributed by atoms with Gasteiger partial charge in [0.25, 0.3) is 5.69 Å². The Morgan fingerprint density at radius 1 is 1.21 bits per heavy atom. The van der Waals surface area contributed by atoms with Crippen LogP contribution in [0.15, 0.2) is 62.9 Å². The number of carbonyl (C=O) groups excluding carboxylic acids is 2. The first-order valence-electron chi connectivity index (χ1n) is 12.9. The predicted molar refractivity (Wildman–Crippen MR) is 150 cm³/mol. The third-order valence-corrected chi connectivity index (χ3v) is 6.52. The number of amides is 2. The van der Waals surface area contributed by atoms with E-state index in [4.69, 9.17) is 4.42 Å². The summed E-state index contributed by atoms with van der Waals surface area (Å²) in [6.07, 6.45) is 4.46. The zero-order chi connectivity index (χ0) is 27.8. The smallest absolute Gasteiger partial charge is 0.269 e. The van der Waals surface area contributed by atoms with Crippen molar-refractivity contribution in [2.75, 3.05) is 32.0 Å². The number of furan rings is 1. The fourth-order valence-corrected chi connectivity index (χ4v) is 4.48. The molecule has 1 unspecified atom stereocenters. The van der Waals surface area contributed by atoms with E-state index in [0.717, 1.165) is 40.8 Å². The summed E-state index contributed by atoms with van der Waals surface area (Å²) in [7, 11) is 1.63. The molecule has 1 aliphatic rings. The van der Waals surface area contributed by atoms with Gasteiger partial charge in [0.2, 0.25) is 17.8 Å². The molecule has 1 fully saturated rings. The molecule has 1 aromatic heterocycles. The minimum absolute atomic E-state index is 0.0272. The van der Waals surface area contributed by atoms with Gasteiger partial charge in [-0.2, -0.15) is 0 Å². The largest absolute Gasteiger partial charge is 0.461 e. The van der Waals surface area contributed by atoms with Crippen LogP contribution in [-0.2, 0) is 16.0 Å². The molecule has 2 N–H and O–H groups in total. The molecule has 0 saturated carbocycles. The number of nitrogens with zero attached hydrogens (tertiary/aromatic N) is 4. The highest BCUT2D eigenvalue weighted by atomic mass is 16.6. The lowest BCUT2D eigenvalue weighted by Gasteiger charge is -2.22. The number of carbonyl (C=O) groups is 2. The fraction of sp³-hybridized carbons (Fsp3) is 0.357. The van der Waals surface area contributed by atoms with Crippen molar-refractivity contribution < 1.29 is 18.9 Å². The molecule has 0 aliphatic carbocycles. The van der Waals surface area contributed by atoms with Crippen LogP contribution < -0.4 is 10.6 Å². The number of hydrogen-bond acceptors (Lipinski definition) is 6. The first-order chi connectivity index (χ1) is 18.8. The van der Waals surface area contributed by atoms with Gasteiger partial charge in [-0.05, 0) is 56.0 Å². The van der Waals surface area contributed by atoms with Crippen LogP contribution in [0.25, 0.3) is 11.0 Å². The molecular formula is C28H32N6O5. The molecule has 39 heavy (non-hydrogen) atoms. The second-order valence-corrected chi connectivity index (χ2v) is 9.45. The van der Waals surface area contributed by atoms with Gasteiger partial charge in [-0.15, -0.1) is 0 Å². The Morgan fingerprint density at radius 2 is 2.00 bits per heavy atom. The van der Waals surface area contributed by atoms with Gasteiger partial charge in [-0.1, -0.05) is 18.6 Å². The van der Waals surface area contributed by atoms with E-state index in [1.807, 2.05) is 31.2 Å². The highest BCUT2D eigenvalue weighted by molar-refractivity contribution is 6.03. The molecule has 1 atom stereocenters. The summed E-state index contributed by atoms with van der Waals surface area (Å²) in [5.41, 5.74) is 2.51. The monoisotopic (exact) mass is 532 g/mol. The highest BCUT2D eigenvalue weighted by Crippen LogP contribution is 2.23. The lowest BCUT2D eigenvalue weighted by atomic mass is 10.0. The SMILES string of the molecule is CN=C(/N=C\C1CCCCN(CC(=O)NCCc2ccc([N+](=O)[O-])cc2)C1=O)Nc1ccc2oc(C)cc2c1. The minimum Gasteiger partial charge on any atom is -0.461 e. The fourth-order valence-electron chi connectivity index (χ4n) is 4.48. The summed E-state index contributed by atoms with van der Waals surface area (Å²) in [6.45, 7) is 2.75. The molecule has 2 aromatic carbocycles. The van der Waals surface area contributed by atoms with Crippen LogP contribution in [-0.4, -0.2) is 60.5 Å². The Balaban J connectivity index is 1.30. The third kappa shape index (κ3) is 7.50. The van der Waals surface area contributed by atoms with Crippen LogP contribution in [0.2, 0.25) is 0 Å². The molecule has 11 heteroatoms. The normalized spacial score (nSPS) is 16.5. The van der Waals surface area contributed by atoms with Crippen molar-refractivity contribution in [3.05, 3.63) is 70.0 Å². The standard InChI is InChI=1S/C28H32N6O5/c1-19-15-22-16-23(8-11-25(22)39-19)32-28(29-2)31-17-21-5-3-4-14-33(27(21)36)18-26(35)30-13-12-20-6-9-24(10-7-20)34(37)38/h6-11,15-17,21H,3-5,12-14,18H2,1-2H3,(H,29,32)(H,30,35)/b31-17-. The molecule has 0 radical (unpaired) electrons. The zero-order valence-corrected chi connectivity index (χ0v) is 22.1. The number of rotatable bonds is 8.